The molecule has 0 aliphatic carbocycles. The maximum absolute atomic E-state index is 13.5. The van der Waals surface area contributed by atoms with Crippen LogP contribution < -0.4 is 10.6 Å². The normalized spacial score (nSPS) is 12.4. The molecule has 6 nitrogen and oxygen atoms in total. The van der Waals surface area contributed by atoms with Gasteiger partial charge in [0.15, 0.2) is 0 Å². The van der Waals surface area contributed by atoms with Crippen LogP contribution in [0.2, 0.25) is 0 Å². The van der Waals surface area contributed by atoms with E-state index in [-0.39, 0.29) is 17.9 Å². The van der Waals surface area contributed by atoms with Crippen molar-refractivity contribution in [1.29, 1.82) is 0 Å². The molecule has 0 aliphatic rings. The predicted octanol–water partition coefficient (Wildman–Crippen LogP) is 4.65. The van der Waals surface area contributed by atoms with Gasteiger partial charge in [0.05, 0.1) is 17.8 Å². The molecule has 7 heteroatoms. The number of hydrogen-bond donors (Lipinski definition) is 2. The lowest BCUT2D eigenvalue weighted by Gasteiger charge is -2.13. The van der Waals surface area contributed by atoms with Crippen LogP contribution in [0.5, 0.6) is 0 Å². The third-order valence-corrected chi connectivity index (χ3v) is 4.68. The first-order valence-corrected chi connectivity index (χ1v) is 8.60. The van der Waals surface area contributed by atoms with Crippen molar-refractivity contribution in [2.45, 2.75) is 19.9 Å². The third-order valence-electron chi connectivity index (χ3n) is 4.68. The number of nitrogens with one attached hydrogen (secondary N) is 2. The average molecular weight is 366 g/mol. The fourth-order valence-corrected chi connectivity index (χ4v) is 3.30. The molecule has 1 atom stereocenters. The quantitative estimate of drug-likeness (QED) is 0.554. The van der Waals surface area contributed by atoms with Gasteiger partial charge in [0.1, 0.15) is 17.2 Å². The Morgan fingerprint density at radius 2 is 2.07 bits per heavy atom. The van der Waals surface area contributed by atoms with Crippen LogP contribution in [-0.4, -0.2) is 15.8 Å². The number of aromatic nitrogens is 2. The lowest BCUT2D eigenvalue weighted by molar-refractivity contribution is 0.248. The Morgan fingerprint density at radius 3 is 2.89 bits per heavy atom. The summed E-state index contributed by atoms with van der Waals surface area (Å²) < 4.78 is 21.0. The van der Waals surface area contributed by atoms with E-state index in [0.29, 0.717) is 22.4 Å². The second-order valence-corrected chi connectivity index (χ2v) is 6.59. The lowest BCUT2D eigenvalue weighted by Crippen LogP contribution is -2.31. The van der Waals surface area contributed by atoms with E-state index in [0.717, 1.165) is 16.5 Å². The highest BCUT2D eigenvalue weighted by Gasteiger charge is 2.19. The van der Waals surface area contributed by atoms with E-state index in [9.17, 15) is 9.18 Å². The van der Waals surface area contributed by atoms with Crippen LogP contribution in [-0.2, 0) is 7.05 Å². The first-order valence-electron chi connectivity index (χ1n) is 8.60. The van der Waals surface area contributed by atoms with Crippen LogP contribution in [0.15, 0.2) is 47.0 Å². The van der Waals surface area contributed by atoms with E-state index in [1.807, 2.05) is 39.1 Å². The van der Waals surface area contributed by atoms with Crippen LogP contribution in [0, 0.1) is 12.7 Å². The summed E-state index contributed by atoms with van der Waals surface area (Å²) in [5.41, 5.74) is 3.07. The van der Waals surface area contributed by atoms with Crippen LogP contribution in [0.3, 0.4) is 0 Å². The number of furan rings is 1. The largest absolute Gasteiger partial charge is 0.459 e. The third kappa shape index (κ3) is 3.12. The van der Waals surface area contributed by atoms with E-state index < -0.39 is 0 Å². The van der Waals surface area contributed by atoms with Gasteiger partial charge in [-0.25, -0.2) is 9.18 Å². The van der Waals surface area contributed by atoms with Gasteiger partial charge in [0.25, 0.3) is 0 Å². The van der Waals surface area contributed by atoms with Crippen molar-refractivity contribution in [1.82, 2.24) is 15.1 Å². The molecule has 1 unspecified atom stereocenters. The molecule has 0 spiro atoms. The van der Waals surface area contributed by atoms with E-state index in [4.69, 9.17) is 4.42 Å². The fourth-order valence-electron chi connectivity index (χ4n) is 3.30. The number of nitrogens with zero attached hydrogens (tertiary/aromatic N) is 2. The topological polar surface area (TPSA) is 72.1 Å². The maximum atomic E-state index is 13.5. The monoisotopic (exact) mass is 366 g/mol. The Kier molecular flexibility index (Phi) is 4.07. The summed E-state index contributed by atoms with van der Waals surface area (Å²) in [6.07, 6.45) is 1.75. The van der Waals surface area contributed by atoms with E-state index in [1.54, 1.807) is 16.9 Å². The van der Waals surface area contributed by atoms with Gasteiger partial charge in [-0.1, -0.05) is 0 Å². The predicted molar refractivity (Wildman–Crippen MR) is 102 cm³/mol. The minimum absolute atomic E-state index is 0.318. The number of carbonyl (C=O) groups is 1. The van der Waals surface area contributed by atoms with Crippen LogP contribution >= 0.6 is 0 Å². The van der Waals surface area contributed by atoms with Crippen molar-refractivity contribution >= 4 is 33.6 Å². The van der Waals surface area contributed by atoms with Crippen molar-refractivity contribution in [3.63, 3.8) is 0 Å². The average Bonchev–Trinajstić information content (AvgIpc) is 3.15. The number of halogens is 1. The number of urea groups is 1. The van der Waals surface area contributed by atoms with Gasteiger partial charge >= 0.3 is 6.03 Å². The fraction of sp³-hybridized carbons (Fsp3) is 0.200. The van der Waals surface area contributed by atoms with E-state index in [1.165, 1.54) is 12.1 Å². The summed E-state index contributed by atoms with van der Waals surface area (Å²) in [6.45, 7) is 3.68. The Labute approximate surface area is 155 Å². The summed E-state index contributed by atoms with van der Waals surface area (Å²) in [5, 5.41) is 11.5. The zero-order valence-electron chi connectivity index (χ0n) is 15.2. The molecule has 2 heterocycles. The van der Waals surface area contributed by atoms with E-state index >= 15 is 0 Å². The van der Waals surface area contributed by atoms with Gasteiger partial charge in [0, 0.05) is 29.1 Å². The molecule has 0 fully saturated rings. The highest BCUT2D eigenvalue weighted by atomic mass is 19.1. The summed E-state index contributed by atoms with van der Waals surface area (Å²) in [6, 6.07) is 9.25. The van der Waals surface area contributed by atoms with Crippen molar-refractivity contribution in [3.8, 4) is 0 Å². The Bertz CT molecular complexity index is 1160. The first-order chi connectivity index (χ1) is 12.9. The number of aryl methyl sites for hydroxylation is 2. The number of anilines is 1. The van der Waals surface area contributed by atoms with Gasteiger partial charge < -0.3 is 15.1 Å². The Hall–Kier alpha value is -3.35. The Balaban J connectivity index is 1.51. The summed E-state index contributed by atoms with van der Waals surface area (Å²) >= 11 is 0. The molecule has 0 saturated carbocycles. The number of carbonyl (C=O) groups excluding carboxylic acids is 1. The highest BCUT2D eigenvalue weighted by Crippen LogP contribution is 2.30. The first kappa shape index (κ1) is 17.1. The molecule has 2 aromatic heterocycles. The number of rotatable bonds is 3. The van der Waals surface area contributed by atoms with Crippen molar-refractivity contribution in [2.24, 2.45) is 7.05 Å². The molecule has 0 bridgehead atoms. The summed E-state index contributed by atoms with van der Waals surface area (Å²) in [7, 11) is 1.87. The van der Waals surface area contributed by atoms with Gasteiger partial charge in [-0.3, -0.25) is 4.68 Å². The second kappa shape index (κ2) is 6.42. The van der Waals surface area contributed by atoms with Crippen molar-refractivity contribution in [2.75, 3.05) is 5.32 Å². The smallest absolute Gasteiger partial charge is 0.319 e. The number of amides is 2. The van der Waals surface area contributed by atoms with Crippen LogP contribution in [0.25, 0.3) is 21.9 Å². The zero-order valence-corrected chi connectivity index (χ0v) is 15.2. The Morgan fingerprint density at radius 1 is 1.26 bits per heavy atom. The highest BCUT2D eigenvalue weighted by molar-refractivity contribution is 5.93. The van der Waals surface area contributed by atoms with Gasteiger partial charge in [-0.15, -0.1) is 0 Å². The zero-order chi connectivity index (χ0) is 19.1. The lowest BCUT2D eigenvalue weighted by atomic mass is 10.1. The number of hydrogen-bond acceptors (Lipinski definition) is 3. The SMILES string of the molecule is Cc1c(C(C)NC(=O)Nc2ccc3c(cnn3C)c2)oc2ccc(F)cc12. The molecule has 2 amide bonds. The number of benzene rings is 2. The van der Waals surface area contributed by atoms with Crippen molar-refractivity contribution < 1.29 is 13.6 Å². The molecule has 0 radical (unpaired) electrons. The molecule has 138 valence electrons. The maximum Gasteiger partial charge on any atom is 0.319 e. The molecule has 4 aromatic rings. The van der Waals surface area contributed by atoms with Crippen LogP contribution in [0.4, 0.5) is 14.9 Å². The van der Waals surface area contributed by atoms with Crippen LogP contribution in [0.1, 0.15) is 24.3 Å². The standard InChI is InChI=1S/C20H19FN4O2/c1-11-16-9-14(21)4-7-18(16)27-19(11)12(2)23-20(26)24-15-5-6-17-13(8-15)10-22-25(17)3/h4-10,12H,1-3H3,(H2,23,24,26). The molecular formula is C20H19FN4O2. The number of fused-ring (bicyclic) bond motifs is 2. The molecule has 27 heavy (non-hydrogen) atoms. The summed E-state index contributed by atoms with van der Waals surface area (Å²) in [5.74, 6) is 0.288. The van der Waals surface area contributed by atoms with Gasteiger partial charge in [-0.2, -0.15) is 5.10 Å². The van der Waals surface area contributed by atoms with E-state index in [2.05, 4.69) is 15.7 Å². The molecule has 2 aromatic carbocycles. The molecule has 4 rings (SSSR count). The van der Waals surface area contributed by atoms with Crippen molar-refractivity contribution in [3.05, 3.63) is 59.7 Å². The molecule has 2 N–H and O–H groups in total. The minimum Gasteiger partial charge on any atom is -0.459 e. The second-order valence-electron chi connectivity index (χ2n) is 6.59. The van der Waals surface area contributed by atoms with Gasteiger partial charge in [0.2, 0.25) is 0 Å². The van der Waals surface area contributed by atoms with Gasteiger partial charge in [-0.05, 0) is 50.2 Å². The summed E-state index contributed by atoms with van der Waals surface area (Å²) in [4.78, 5) is 12.4. The molecule has 0 aliphatic heterocycles. The molecule has 0 saturated heterocycles. The molecular weight excluding hydrogens is 347 g/mol. The minimum atomic E-state index is -0.373.